The Bertz CT molecular complexity index is 794. The lowest BCUT2D eigenvalue weighted by Gasteiger charge is -2.18. The van der Waals surface area contributed by atoms with Gasteiger partial charge < -0.3 is 19.2 Å². The molecular formula is C16H16N2O3S. The van der Waals surface area contributed by atoms with Crippen molar-refractivity contribution in [2.45, 2.75) is 6.42 Å². The van der Waals surface area contributed by atoms with Gasteiger partial charge in [-0.2, -0.15) is 0 Å². The van der Waals surface area contributed by atoms with Crippen LogP contribution in [0.25, 0.3) is 16.7 Å². The Hall–Kier alpha value is -1.92. The standard InChI is InChI=1S/C16H16N2O3S/c1-20-12-9-11(8-10-3-7-21-15(10)12)14-13(2-6-19)22-16-17-4-5-18(14)16/h3,7-9,19H,2,4-6H2,1H3. The molecule has 0 saturated carbocycles. The van der Waals surface area contributed by atoms with Crippen molar-refractivity contribution >= 4 is 33.6 Å². The summed E-state index contributed by atoms with van der Waals surface area (Å²) in [6, 6.07) is 6.05. The molecule has 3 heterocycles. The van der Waals surface area contributed by atoms with Crippen molar-refractivity contribution in [3.8, 4) is 5.75 Å². The molecule has 0 bridgehead atoms. The van der Waals surface area contributed by atoms with Gasteiger partial charge in [0.15, 0.2) is 16.5 Å². The predicted molar refractivity (Wildman–Crippen MR) is 88.0 cm³/mol. The van der Waals surface area contributed by atoms with Crippen molar-refractivity contribution in [1.82, 2.24) is 4.90 Å². The summed E-state index contributed by atoms with van der Waals surface area (Å²) in [4.78, 5) is 7.92. The van der Waals surface area contributed by atoms with Crippen molar-refractivity contribution in [3.63, 3.8) is 0 Å². The van der Waals surface area contributed by atoms with Gasteiger partial charge in [0, 0.05) is 35.4 Å². The average molecular weight is 316 g/mol. The zero-order valence-corrected chi connectivity index (χ0v) is 13.0. The smallest absolute Gasteiger partial charge is 0.175 e. The third-order valence-corrected chi connectivity index (χ3v) is 5.08. The van der Waals surface area contributed by atoms with E-state index in [0.29, 0.717) is 6.42 Å². The van der Waals surface area contributed by atoms with E-state index in [1.807, 2.05) is 12.1 Å². The summed E-state index contributed by atoms with van der Waals surface area (Å²) in [6.45, 7) is 1.85. The van der Waals surface area contributed by atoms with Crippen LogP contribution in [-0.4, -0.2) is 42.0 Å². The zero-order chi connectivity index (χ0) is 15.1. The molecule has 2 aliphatic heterocycles. The highest BCUT2D eigenvalue weighted by molar-refractivity contribution is 8.17. The van der Waals surface area contributed by atoms with Crippen LogP contribution in [0, 0.1) is 0 Å². The van der Waals surface area contributed by atoms with Crippen molar-refractivity contribution in [3.05, 3.63) is 34.9 Å². The number of nitrogens with zero attached hydrogens (tertiary/aromatic N) is 2. The van der Waals surface area contributed by atoms with Gasteiger partial charge in [-0.05, 0) is 18.2 Å². The van der Waals surface area contributed by atoms with Gasteiger partial charge in [-0.1, -0.05) is 11.8 Å². The topological polar surface area (TPSA) is 58.2 Å². The highest BCUT2D eigenvalue weighted by atomic mass is 32.2. The van der Waals surface area contributed by atoms with Crippen molar-refractivity contribution in [1.29, 1.82) is 0 Å². The van der Waals surface area contributed by atoms with Gasteiger partial charge >= 0.3 is 0 Å². The molecule has 0 spiro atoms. The van der Waals surface area contributed by atoms with Crippen LogP contribution >= 0.6 is 11.8 Å². The van der Waals surface area contributed by atoms with Crippen LogP contribution in [0.15, 0.2) is 38.8 Å². The van der Waals surface area contributed by atoms with Crippen LogP contribution in [0.3, 0.4) is 0 Å². The third-order valence-electron chi connectivity index (χ3n) is 3.90. The van der Waals surface area contributed by atoms with Crippen molar-refractivity contribution in [2.75, 3.05) is 26.8 Å². The number of thioether (sulfide) groups is 1. The maximum atomic E-state index is 9.35. The fraction of sp³-hybridized carbons (Fsp3) is 0.312. The molecule has 1 aromatic carbocycles. The van der Waals surface area contributed by atoms with Crippen LogP contribution in [0.1, 0.15) is 12.0 Å². The Morgan fingerprint density at radius 3 is 3.18 bits per heavy atom. The van der Waals surface area contributed by atoms with Crippen LogP contribution in [0.2, 0.25) is 0 Å². The molecule has 1 N–H and O–H groups in total. The molecule has 4 rings (SSSR count). The minimum atomic E-state index is 0.137. The SMILES string of the molecule is COc1cc(C2=C(CCO)SC3=NCCN32)cc2ccoc12. The van der Waals surface area contributed by atoms with E-state index in [9.17, 15) is 5.11 Å². The first-order valence-corrected chi connectivity index (χ1v) is 8.03. The van der Waals surface area contributed by atoms with Gasteiger partial charge in [0.25, 0.3) is 0 Å². The van der Waals surface area contributed by atoms with E-state index in [2.05, 4.69) is 16.0 Å². The number of furan rings is 1. The first-order valence-electron chi connectivity index (χ1n) is 7.21. The van der Waals surface area contributed by atoms with Gasteiger partial charge in [-0.25, -0.2) is 0 Å². The fourth-order valence-electron chi connectivity index (χ4n) is 2.96. The van der Waals surface area contributed by atoms with Crippen LogP contribution < -0.4 is 4.74 Å². The minimum absolute atomic E-state index is 0.137. The highest BCUT2D eigenvalue weighted by Gasteiger charge is 2.33. The van der Waals surface area contributed by atoms with Gasteiger partial charge in [0.05, 0.1) is 25.6 Å². The highest BCUT2D eigenvalue weighted by Crippen LogP contribution is 2.44. The second-order valence-electron chi connectivity index (χ2n) is 5.18. The Balaban J connectivity index is 1.88. The van der Waals surface area contributed by atoms with Crippen LogP contribution in [-0.2, 0) is 0 Å². The molecule has 22 heavy (non-hydrogen) atoms. The number of aliphatic hydroxyl groups is 1. The van der Waals surface area contributed by atoms with E-state index in [1.54, 1.807) is 25.1 Å². The summed E-state index contributed by atoms with van der Waals surface area (Å²) >= 11 is 1.66. The van der Waals surface area contributed by atoms with Crippen molar-refractivity contribution < 1.29 is 14.3 Å². The van der Waals surface area contributed by atoms with E-state index in [1.165, 1.54) is 0 Å². The fourth-order valence-corrected chi connectivity index (χ4v) is 4.14. The number of methoxy groups -OCH3 is 1. The summed E-state index contributed by atoms with van der Waals surface area (Å²) in [7, 11) is 1.65. The number of fused-ring (bicyclic) bond motifs is 2. The molecule has 0 amide bonds. The normalized spacial score (nSPS) is 17.4. The van der Waals surface area contributed by atoms with E-state index in [0.717, 1.165) is 51.1 Å². The lowest BCUT2D eigenvalue weighted by atomic mass is 10.1. The summed E-state index contributed by atoms with van der Waals surface area (Å²) < 4.78 is 11.0. The molecule has 0 aliphatic carbocycles. The molecule has 2 aliphatic rings. The molecule has 5 nitrogen and oxygen atoms in total. The second kappa shape index (κ2) is 5.37. The first kappa shape index (κ1) is 13.7. The van der Waals surface area contributed by atoms with Gasteiger partial charge in [-0.15, -0.1) is 0 Å². The average Bonchev–Trinajstić information content (AvgIpc) is 3.20. The summed E-state index contributed by atoms with van der Waals surface area (Å²) in [6.07, 6.45) is 2.31. The Labute approximate surface area is 132 Å². The third kappa shape index (κ3) is 2.02. The van der Waals surface area contributed by atoms with Gasteiger partial charge in [-0.3, -0.25) is 4.99 Å². The number of ether oxygens (including phenoxy) is 1. The Morgan fingerprint density at radius 2 is 2.36 bits per heavy atom. The Morgan fingerprint density at radius 1 is 1.45 bits per heavy atom. The molecule has 0 radical (unpaired) electrons. The molecule has 0 unspecified atom stereocenters. The van der Waals surface area contributed by atoms with Crippen LogP contribution in [0.5, 0.6) is 5.75 Å². The van der Waals surface area contributed by atoms with Gasteiger partial charge in [0.2, 0.25) is 0 Å². The number of rotatable bonds is 4. The predicted octanol–water partition coefficient (Wildman–Crippen LogP) is 2.91. The molecule has 0 atom stereocenters. The lowest BCUT2D eigenvalue weighted by Crippen LogP contribution is -2.20. The van der Waals surface area contributed by atoms with E-state index in [-0.39, 0.29) is 6.61 Å². The molecule has 6 heteroatoms. The van der Waals surface area contributed by atoms with Gasteiger partial charge in [0.1, 0.15) is 0 Å². The maximum Gasteiger partial charge on any atom is 0.175 e. The number of hydrogen-bond acceptors (Lipinski definition) is 6. The number of amidine groups is 1. The lowest BCUT2D eigenvalue weighted by molar-refractivity contribution is 0.301. The largest absolute Gasteiger partial charge is 0.493 e. The van der Waals surface area contributed by atoms with E-state index >= 15 is 0 Å². The number of hydrogen-bond donors (Lipinski definition) is 1. The summed E-state index contributed by atoms with van der Waals surface area (Å²) in [5.74, 6) is 0.725. The summed E-state index contributed by atoms with van der Waals surface area (Å²) in [5, 5.41) is 11.4. The number of aliphatic imine (C=N–C) groups is 1. The van der Waals surface area contributed by atoms with Crippen molar-refractivity contribution in [2.24, 2.45) is 4.99 Å². The van der Waals surface area contributed by atoms with E-state index in [4.69, 9.17) is 9.15 Å². The molecule has 2 aromatic rings. The van der Waals surface area contributed by atoms with Crippen LogP contribution in [0.4, 0.5) is 0 Å². The monoisotopic (exact) mass is 316 g/mol. The number of aliphatic hydroxyl groups excluding tert-OH is 1. The first-order chi connectivity index (χ1) is 10.8. The summed E-state index contributed by atoms with van der Waals surface area (Å²) in [5.41, 5.74) is 2.97. The molecule has 1 aromatic heterocycles. The molecule has 114 valence electrons. The minimum Gasteiger partial charge on any atom is -0.493 e. The quantitative estimate of drug-likeness (QED) is 0.940. The second-order valence-corrected chi connectivity index (χ2v) is 6.24. The molecule has 0 saturated heterocycles. The Kier molecular flexibility index (Phi) is 3.35. The molecule has 0 fully saturated rings. The molecular weight excluding hydrogens is 300 g/mol. The maximum absolute atomic E-state index is 9.35. The van der Waals surface area contributed by atoms with E-state index < -0.39 is 0 Å². The zero-order valence-electron chi connectivity index (χ0n) is 12.2. The number of benzene rings is 1.